The predicted molar refractivity (Wildman–Crippen MR) is 146 cm³/mol. The fourth-order valence-corrected chi connectivity index (χ4v) is 4.26. The van der Waals surface area contributed by atoms with Crippen LogP contribution in [0.4, 0.5) is 5.69 Å². The quantitative estimate of drug-likeness (QED) is 0.263. The second-order valence-electron chi connectivity index (χ2n) is 9.31. The number of methoxy groups -OCH3 is 1. The van der Waals surface area contributed by atoms with Gasteiger partial charge in [0.25, 0.3) is 5.56 Å². The van der Waals surface area contributed by atoms with Crippen molar-refractivity contribution in [3.8, 4) is 11.4 Å². The van der Waals surface area contributed by atoms with Crippen molar-refractivity contribution in [1.29, 1.82) is 0 Å². The molecule has 0 atom stereocenters. The minimum atomic E-state index is -3.46. The number of aromatic nitrogens is 2. The lowest BCUT2D eigenvalue weighted by Crippen LogP contribution is -2.28. The summed E-state index contributed by atoms with van der Waals surface area (Å²) in [5.74, 6) is 0.632. The van der Waals surface area contributed by atoms with Gasteiger partial charge in [-0.15, -0.1) is 0 Å². The molecule has 0 spiro atoms. The number of nitrogens with zero attached hydrogens (tertiary/aromatic N) is 2. The predicted octanol–water partition coefficient (Wildman–Crippen LogP) is 3.35. The summed E-state index contributed by atoms with van der Waals surface area (Å²) in [5.41, 5.74) is 2.45. The Hall–Kier alpha value is -4.12. The van der Waals surface area contributed by atoms with Crippen molar-refractivity contribution in [2.75, 3.05) is 25.2 Å². The van der Waals surface area contributed by atoms with Crippen LogP contribution in [-0.4, -0.2) is 44.7 Å². The lowest BCUT2D eigenvalue weighted by molar-refractivity contribution is 0.215. The third-order valence-electron chi connectivity index (χ3n) is 5.35. The number of benzene rings is 2. The molecule has 0 radical (unpaired) electrons. The second-order valence-corrected chi connectivity index (χ2v) is 11.1. The highest BCUT2D eigenvalue weighted by Gasteiger charge is 2.22. The largest absolute Gasteiger partial charge is 0.496 e. The van der Waals surface area contributed by atoms with Crippen LogP contribution in [0.25, 0.3) is 17.8 Å². The van der Waals surface area contributed by atoms with Crippen LogP contribution in [0.1, 0.15) is 43.0 Å². The molecule has 37 heavy (non-hydrogen) atoms. The third kappa shape index (κ3) is 6.98. The number of hydrogen-bond donors (Lipinski definition) is 2. The Morgan fingerprint density at radius 3 is 2.30 bits per heavy atom. The summed E-state index contributed by atoms with van der Waals surface area (Å²) in [6, 6.07) is 9.95. The Labute approximate surface area is 215 Å². The average molecular weight is 527 g/mol. The van der Waals surface area contributed by atoms with E-state index in [4.69, 9.17) is 9.57 Å². The SMILES string of the molecule is CON=Cc1cc(NS(C)(=O)=O)ccc1C=Cc1cc(-n2ccc(=O)[nH]c2=O)cc(C(C)(C)C)c1OC. The number of anilines is 1. The monoisotopic (exact) mass is 526 g/mol. The van der Waals surface area contributed by atoms with Gasteiger partial charge in [0.1, 0.15) is 12.9 Å². The minimum absolute atomic E-state index is 0.328. The first-order valence-corrected chi connectivity index (χ1v) is 13.1. The molecule has 0 fully saturated rings. The van der Waals surface area contributed by atoms with Crippen LogP contribution >= 0.6 is 0 Å². The van der Waals surface area contributed by atoms with E-state index in [-0.39, 0.29) is 5.41 Å². The van der Waals surface area contributed by atoms with Crippen molar-refractivity contribution in [2.45, 2.75) is 26.2 Å². The maximum atomic E-state index is 12.5. The van der Waals surface area contributed by atoms with E-state index in [9.17, 15) is 18.0 Å². The van der Waals surface area contributed by atoms with Crippen molar-refractivity contribution in [1.82, 2.24) is 9.55 Å². The first-order valence-electron chi connectivity index (χ1n) is 11.2. The number of ether oxygens (including phenoxy) is 1. The maximum Gasteiger partial charge on any atom is 0.332 e. The molecule has 3 aromatic rings. The molecule has 0 amide bonds. The lowest BCUT2D eigenvalue weighted by atomic mass is 9.84. The lowest BCUT2D eigenvalue weighted by Gasteiger charge is -2.25. The van der Waals surface area contributed by atoms with E-state index in [2.05, 4.69) is 14.9 Å². The van der Waals surface area contributed by atoms with Crippen LogP contribution in [0, 0.1) is 0 Å². The summed E-state index contributed by atoms with van der Waals surface area (Å²) >= 11 is 0. The normalized spacial score (nSPS) is 12.3. The van der Waals surface area contributed by atoms with Crippen LogP contribution < -0.4 is 20.7 Å². The Kier molecular flexibility index (Phi) is 8.07. The molecule has 0 unspecified atom stereocenters. The standard InChI is InChI=1S/C26H30N4O6S/c1-26(2,3)22-15-21(30-12-11-23(31)28-25(30)32)14-18(24(22)35-4)8-7-17-9-10-20(29-37(6,33)34)13-19(17)16-27-36-5/h7-16,29H,1-6H3,(H,28,31,32). The van der Waals surface area contributed by atoms with E-state index in [1.165, 1.54) is 30.2 Å². The zero-order valence-electron chi connectivity index (χ0n) is 21.5. The van der Waals surface area contributed by atoms with Crippen LogP contribution in [0.3, 0.4) is 0 Å². The molecule has 0 saturated heterocycles. The maximum absolute atomic E-state index is 12.5. The highest BCUT2D eigenvalue weighted by Crippen LogP contribution is 2.37. The van der Waals surface area contributed by atoms with Crippen molar-refractivity contribution in [3.05, 3.63) is 85.7 Å². The summed E-state index contributed by atoms with van der Waals surface area (Å²) in [6.45, 7) is 6.10. The average Bonchev–Trinajstić information content (AvgIpc) is 2.80. The Morgan fingerprint density at radius 2 is 1.70 bits per heavy atom. The van der Waals surface area contributed by atoms with Gasteiger partial charge in [-0.25, -0.2) is 13.2 Å². The van der Waals surface area contributed by atoms with Gasteiger partial charge in [0, 0.05) is 34.6 Å². The summed E-state index contributed by atoms with van der Waals surface area (Å²) in [6.07, 6.45) is 7.63. The highest BCUT2D eigenvalue weighted by atomic mass is 32.2. The van der Waals surface area contributed by atoms with E-state index in [1.54, 1.807) is 31.4 Å². The van der Waals surface area contributed by atoms with Gasteiger partial charge in [-0.05, 0) is 35.2 Å². The van der Waals surface area contributed by atoms with Crippen molar-refractivity contribution >= 4 is 34.1 Å². The van der Waals surface area contributed by atoms with Crippen molar-refractivity contribution < 1.29 is 18.0 Å². The fraction of sp³-hybridized carbons (Fsp3) is 0.269. The second kappa shape index (κ2) is 10.9. The first kappa shape index (κ1) is 27.5. The number of rotatable bonds is 8. The molecule has 3 rings (SSSR count). The van der Waals surface area contributed by atoms with E-state index in [1.807, 2.05) is 39.0 Å². The third-order valence-corrected chi connectivity index (χ3v) is 5.95. The zero-order valence-corrected chi connectivity index (χ0v) is 22.3. The van der Waals surface area contributed by atoms with Gasteiger partial charge < -0.3 is 9.57 Å². The molecule has 0 saturated carbocycles. The molecule has 2 aromatic carbocycles. The Balaban J connectivity index is 2.20. The summed E-state index contributed by atoms with van der Waals surface area (Å²) in [7, 11) is -0.468. The summed E-state index contributed by atoms with van der Waals surface area (Å²) in [4.78, 5) is 31.2. The molecule has 1 heterocycles. The van der Waals surface area contributed by atoms with E-state index in [0.29, 0.717) is 28.3 Å². The fourth-order valence-electron chi connectivity index (χ4n) is 3.71. The molecule has 11 heteroatoms. The minimum Gasteiger partial charge on any atom is -0.496 e. The van der Waals surface area contributed by atoms with Gasteiger partial charge in [-0.3, -0.25) is 19.1 Å². The molecule has 2 N–H and O–H groups in total. The van der Waals surface area contributed by atoms with Crippen molar-refractivity contribution in [3.63, 3.8) is 0 Å². The van der Waals surface area contributed by atoms with Gasteiger partial charge in [-0.1, -0.05) is 44.1 Å². The number of H-pyrrole nitrogens is 1. The topological polar surface area (TPSA) is 132 Å². The molecule has 0 aliphatic heterocycles. The van der Waals surface area contributed by atoms with E-state index >= 15 is 0 Å². The Bertz CT molecular complexity index is 1580. The van der Waals surface area contributed by atoms with E-state index < -0.39 is 21.3 Å². The summed E-state index contributed by atoms with van der Waals surface area (Å²) in [5, 5.41) is 3.82. The van der Waals surface area contributed by atoms with Crippen LogP contribution in [0.5, 0.6) is 5.75 Å². The molecule has 0 aliphatic rings. The molecule has 10 nitrogen and oxygen atoms in total. The highest BCUT2D eigenvalue weighted by molar-refractivity contribution is 7.92. The van der Waals surface area contributed by atoms with Crippen molar-refractivity contribution in [2.24, 2.45) is 5.16 Å². The smallest absolute Gasteiger partial charge is 0.332 e. The number of oxime groups is 1. The van der Waals surface area contributed by atoms with Crippen LogP contribution in [-0.2, 0) is 20.3 Å². The molecular weight excluding hydrogens is 496 g/mol. The number of hydrogen-bond acceptors (Lipinski definition) is 7. The van der Waals surface area contributed by atoms with Crippen LogP contribution in [0.15, 0.2) is 57.3 Å². The summed E-state index contributed by atoms with van der Waals surface area (Å²) < 4.78 is 32.9. The number of aromatic amines is 1. The first-order chi connectivity index (χ1) is 17.3. The van der Waals surface area contributed by atoms with Gasteiger partial charge in [-0.2, -0.15) is 0 Å². The molecule has 0 aliphatic carbocycles. The zero-order chi connectivity index (χ0) is 27.4. The van der Waals surface area contributed by atoms with Gasteiger partial charge >= 0.3 is 5.69 Å². The molecular formula is C26H30N4O6S. The van der Waals surface area contributed by atoms with Gasteiger partial charge in [0.15, 0.2) is 0 Å². The molecule has 196 valence electrons. The van der Waals surface area contributed by atoms with Gasteiger partial charge in [0.05, 0.1) is 25.3 Å². The molecule has 0 bridgehead atoms. The molecule has 1 aromatic heterocycles. The van der Waals surface area contributed by atoms with Crippen LogP contribution in [0.2, 0.25) is 0 Å². The number of sulfonamides is 1. The Morgan fingerprint density at radius 1 is 1.00 bits per heavy atom. The number of nitrogens with one attached hydrogen (secondary N) is 2. The van der Waals surface area contributed by atoms with Gasteiger partial charge in [0.2, 0.25) is 10.0 Å². The van der Waals surface area contributed by atoms with E-state index in [0.717, 1.165) is 17.4 Å².